The van der Waals surface area contributed by atoms with Crippen LogP contribution in [0.1, 0.15) is 11.1 Å². The van der Waals surface area contributed by atoms with Crippen molar-refractivity contribution in [3.63, 3.8) is 0 Å². The van der Waals surface area contributed by atoms with Crippen LogP contribution < -0.4 is 4.74 Å². The number of piperazine rings is 1. The molecule has 0 aromatic heterocycles. The molecule has 1 heterocycles. The molecule has 1 aliphatic rings. The molecule has 0 spiro atoms. The summed E-state index contributed by atoms with van der Waals surface area (Å²) in [6, 6.07) is 7.87. The van der Waals surface area contributed by atoms with Gasteiger partial charge in [-0.3, -0.25) is 9.80 Å². The number of methoxy groups -OCH3 is 1. The molecule has 1 aromatic carbocycles. The molecule has 5 nitrogen and oxygen atoms in total. The van der Waals surface area contributed by atoms with Crippen molar-refractivity contribution in [2.75, 3.05) is 46.4 Å². The van der Waals surface area contributed by atoms with Crippen LogP contribution in [0.5, 0.6) is 5.75 Å². The number of hydrogen-bond donors (Lipinski definition) is 1. The van der Waals surface area contributed by atoms with Crippen LogP contribution in [0.2, 0.25) is 0 Å². The van der Waals surface area contributed by atoms with E-state index in [9.17, 15) is 0 Å². The molecule has 108 valence electrons. The minimum atomic E-state index is 0.229. The zero-order valence-electron chi connectivity index (χ0n) is 11.9. The summed E-state index contributed by atoms with van der Waals surface area (Å²) >= 11 is 0. The van der Waals surface area contributed by atoms with Crippen LogP contribution in [0.4, 0.5) is 0 Å². The van der Waals surface area contributed by atoms with Gasteiger partial charge in [-0.1, -0.05) is 6.07 Å². The number of hydrogen-bond acceptors (Lipinski definition) is 5. The highest BCUT2D eigenvalue weighted by atomic mass is 16.5. The lowest BCUT2D eigenvalue weighted by Crippen LogP contribution is -2.46. The lowest BCUT2D eigenvalue weighted by atomic mass is 10.1. The highest BCUT2D eigenvalue weighted by molar-refractivity contribution is 5.45. The van der Waals surface area contributed by atoms with Gasteiger partial charge >= 0.3 is 0 Å². The van der Waals surface area contributed by atoms with Gasteiger partial charge < -0.3 is 9.84 Å². The fourth-order valence-corrected chi connectivity index (χ4v) is 2.50. The molecule has 0 aliphatic carbocycles. The molecule has 0 radical (unpaired) electrons. The van der Waals surface area contributed by atoms with Crippen LogP contribution in [0.25, 0.3) is 0 Å². The summed E-state index contributed by atoms with van der Waals surface area (Å²) in [5, 5.41) is 17.9. The number of β-amino-alcohol motifs (C(OH)–C–C–N with tert-alkyl or cyclic N) is 1. The van der Waals surface area contributed by atoms with Gasteiger partial charge in [0.05, 0.1) is 19.3 Å². The summed E-state index contributed by atoms with van der Waals surface area (Å²) < 4.78 is 5.24. The van der Waals surface area contributed by atoms with Crippen LogP contribution in [0.3, 0.4) is 0 Å². The summed E-state index contributed by atoms with van der Waals surface area (Å²) in [4.78, 5) is 4.66. The van der Waals surface area contributed by atoms with Crippen molar-refractivity contribution in [3.05, 3.63) is 29.3 Å². The minimum Gasteiger partial charge on any atom is -0.495 e. The Labute approximate surface area is 120 Å². The van der Waals surface area contributed by atoms with E-state index in [0.29, 0.717) is 11.3 Å². The fraction of sp³-hybridized carbons (Fsp3) is 0.533. The highest BCUT2D eigenvalue weighted by Crippen LogP contribution is 2.20. The summed E-state index contributed by atoms with van der Waals surface area (Å²) in [5.41, 5.74) is 1.74. The number of aliphatic hydroxyl groups excluding tert-OH is 1. The molecule has 1 fully saturated rings. The predicted octanol–water partition coefficient (Wildman–Crippen LogP) is 0.677. The van der Waals surface area contributed by atoms with Gasteiger partial charge in [-0.05, 0) is 17.7 Å². The molecule has 5 heteroatoms. The van der Waals surface area contributed by atoms with Crippen molar-refractivity contribution >= 4 is 0 Å². The Balaban J connectivity index is 1.93. The second kappa shape index (κ2) is 7.25. The molecule has 0 saturated carbocycles. The third kappa shape index (κ3) is 3.70. The Morgan fingerprint density at radius 3 is 2.55 bits per heavy atom. The van der Waals surface area contributed by atoms with E-state index in [2.05, 4.69) is 15.9 Å². The van der Waals surface area contributed by atoms with Crippen molar-refractivity contribution < 1.29 is 9.84 Å². The zero-order chi connectivity index (χ0) is 14.4. The number of ether oxygens (including phenoxy) is 1. The topological polar surface area (TPSA) is 59.7 Å². The minimum absolute atomic E-state index is 0.229. The summed E-state index contributed by atoms with van der Waals surface area (Å²) in [5.74, 6) is 0.643. The predicted molar refractivity (Wildman–Crippen MR) is 76.5 cm³/mol. The lowest BCUT2D eigenvalue weighted by Gasteiger charge is -2.34. The standard InChI is InChI=1S/C15H21N3O2/c1-20-15-10-13(2-3-14(15)11-16)12-18-6-4-17(5-7-18)8-9-19/h2-3,10,19H,4-9,12H2,1H3. The number of aliphatic hydroxyl groups is 1. The SMILES string of the molecule is COc1cc(CN2CCN(CCO)CC2)ccc1C#N. The van der Waals surface area contributed by atoms with Gasteiger partial charge in [-0.15, -0.1) is 0 Å². The molecule has 1 aromatic rings. The number of benzene rings is 1. The van der Waals surface area contributed by atoms with E-state index in [1.54, 1.807) is 7.11 Å². The van der Waals surface area contributed by atoms with Crippen LogP contribution in [0, 0.1) is 11.3 Å². The molecular weight excluding hydrogens is 254 g/mol. The van der Waals surface area contributed by atoms with Gasteiger partial charge in [0.1, 0.15) is 11.8 Å². The number of nitriles is 1. The van der Waals surface area contributed by atoms with E-state index < -0.39 is 0 Å². The zero-order valence-corrected chi connectivity index (χ0v) is 11.9. The highest BCUT2D eigenvalue weighted by Gasteiger charge is 2.16. The average molecular weight is 275 g/mol. The van der Waals surface area contributed by atoms with Gasteiger partial charge in [0.2, 0.25) is 0 Å². The van der Waals surface area contributed by atoms with E-state index in [0.717, 1.165) is 44.8 Å². The van der Waals surface area contributed by atoms with E-state index in [1.807, 2.05) is 18.2 Å². The van der Waals surface area contributed by atoms with E-state index in [1.165, 1.54) is 0 Å². The van der Waals surface area contributed by atoms with Gasteiger partial charge in [0.25, 0.3) is 0 Å². The van der Waals surface area contributed by atoms with Crippen molar-refractivity contribution in [1.82, 2.24) is 9.80 Å². The van der Waals surface area contributed by atoms with Gasteiger partial charge in [0.15, 0.2) is 0 Å². The molecule has 2 rings (SSSR count). The molecular formula is C15H21N3O2. The lowest BCUT2D eigenvalue weighted by molar-refractivity contribution is 0.108. The van der Waals surface area contributed by atoms with E-state index in [4.69, 9.17) is 15.1 Å². The fourth-order valence-electron chi connectivity index (χ4n) is 2.50. The van der Waals surface area contributed by atoms with Crippen molar-refractivity contribution in [3.8, 4) is 11.8 Å². The summed E-state index contributed by atoms with van der Waals surface area (Å²) in [7, 11) is 1.59. The Morgan fingerprint density at radius 1 is 1.25 bits per heavy atom. The number of nitrogens with zero attached hydrogens (tertiary/aromatic N) is 3. The van der Waals surface area contributed by atoms with Crippen LogP contribution >= 0.6 is 0 Å². The van der Waals surface area contributed by atoms with Gasteiger partial charge in [-0.25, -0.2) is 0 Å². The van der Waals surface area contributed by atoms with Crippen molar-refractivity contribution in [2.45, 2.75) is 6.54 Å². The molecule has 0 amide bonds. The Kier molecular flexibility index (Phi) is 5.36. The van der Waals surface area contributed by atoms with Gasteiger partial charge in [0, 0.05) is 39.3 Å². The Hall–Kier alpha value is -1.61. The first-order valence-electron chi connectivity index (χ1n) is 6.89. The first kappa shape index (κ1) is 14.8. The Bertz CT molecular complexity index is 476. The number of rotatable bonds is 5. The molecule has 1 saturated heterocycles. The molecule has 1 aliphatic heterocycles. The van der Waals surface area contributed by atoms with Crippen LogP contribution in [0.15, 0.2) is 18.2 Å². The third-order valence-electron chi connectivity index (χ3n) is 3.67. The maximum Gasteiger partial charge on any atom is 0.136 e. The smallest absolute Gasteiger partial charge is 0.136 e. The molecule has 0 atom stereocenters. The van der Waals surface area contributed by atoms with E-state index >= 15 is 0 Å². The third-order valence-corrected chi connectivity index (χ3v) is 3.67. The van der Waals surface area contributed by atoms with Crippen LogP contribution in [-0.2, 0) is 6.54 Å². The molecule has 20 heavy (non-hydrogen) atoms. The summed E-state index contributed by atoms with van der Waals surface area (Å²) in [6.07, 6.45) is 0. The maximum absolute atomic E-state index is 8.98. The van der Waals surface area contributed by atoms with Crippen molar-refractivity contribution in [2.24, 2.45) is 0 Å². The second-order valence-electron chi connectivity index (χ2n) is 4.99. The first-order valence-corrected chi connectivity index (χ1v) is 6.89. The normalized spacial score (nSPS) is 16.9. The van der Waals surface area contributed by atoms with Gasteiger partial charge in [-0.2, -0.15) is 5.26 Å². The second-order valence-corrected chi connectivity index (χ2v) is 4.99. The Morgan fingerprint density at radius 2 is 1.95 bits per heavy atom. The maximum atomic E-state index is 8.98. The molecule has 0 unspecified atom stereocenters. The molecule has 0 bridgehead atoms. The van der Waals surface area contributed by atoms with E-state index in [-0.39, 0.29) is 6.61 Å². The van der Waals surface area contributed by atoms with Crippen LogP contribution in [-0.4, -0.2) is 61.3 Å². The first-order chi connectivity index (χ1) is 9.76. The monoisotopic (exact) mass is 275 g/mol. The summed E-state index contributed by atoms with van der Waals surface area (Å²) in [6.45, 7) is 5.85. The molecule has 1 N–H and O–H groups in total. The largest absolute Gasteiger partial charge is 0.495 e. The quantitative estimate of drug-likeness (QED) is 0.856. The average Bonchev–Trinajstić information content (AvgIpc) is 2.49. The van der Waals surface area contributed by atoms with Crippen molar-refractivity contribution in [1.29, 1.82) is 5.26 Å².